The molecular weight excluding hydrogens is 406 g/mol. The molecule has 0 atom stereocenters. The van der Waals surface area contributed by atoms with Crippen LogP contribution in [-0.4, -0.2) is 74.1 Å². The molecule has 160 valence electrons. The number of aromatic nitrogens is 5. The van der Waals surface area contributed by atoms with E-state index in [0.717, 1.165) is 11.4 Å². The van der Waals surface area contributed by atoms with Gasteiger partial charge < -0.3 is 4.90 Å². The van der Waals surface area contributed by atoms with Crippen molar-refractivity contribution in [2.75, 3.05) is 26.2 Å². The molecule has 30 heavy (non-hydrogen) atoms. The quantitative estimate of drug-likeness (QED) is 0.611. The van der Waals surface area contributed by atoms with E-state index < -0.39 is 10.0 Å². The Balaban J connectivity index is 1.52. The first-order valence-electron chi connectivity index (χ1n) is 9.88. The molecule has 3 aromatic heterocycles. The maximum absolute atomic E-state index is 13.1. The Morgan fingerprint density at radius 3 is 2.47 bits per heavy atom. The first-order valence-corrected chi connectivity index (χ1v) is 11.3. The number of rotatable bonds is 4. The van der Waals surface area contributed by atoms with Crippen LogP contribution < -0.4 is 0 Å². The largest absolute Gasteiger partial charge is 0.336 e. The van der Waals surface area contributed by atoms with Crippen LogP contribution in [0, 0.1) is 20.8 Å². The zero-order valence-electron chi connectivity index (χ0n) is 17.5. The van der Waals surface area contributed by atoms with Gasteiger partial charge in [0, 0.05) is 50.3 Å². The highest BCUT2D eigenvalue weighted by Crippen LogP contribution is 2.22. The monoisotopic (exact) mass is 431 g/mol. The first kappa shape index (κ1) is 20.5. The van der Waals surface area contributed by atoms with Crippen molar-refractivity contribution in [3.05, 3.63) is 41.1 Å². The van der Waals surface area contributed by atoms with Gasteiger partial charge in [0.15, 0.2) is 5.65 Å². The van der Waals surface area contributed by atoms with Crippen LogP contribution in [0.3, 0.4) is 0 Å². The molecule has 3 aromatic rings. The minimum atomic E-state index is -3.65. The molecule has 1 fully saturated rings. The van der Waals surface area contributed by atoms with Gasteiger partial charge in [0.25, 0.3) is 5.91 Å². The second-order valence-corrected chi connectivity index (χ2v) is 9.37. The second kappa shape index (κ2) is 7.47. The number of piperazine rings is 1. The molecule has 0 aromatic carbocycles. The molecule has 0 unspecified atom stereocenters. The lowest BCUT2D eigenvalue weighted by Gasteiger charge is -2.33. The van der Waals surface area contributed by atoms with Crippen LogP contribution in [0.2, 0.25) is 0 Å². The van der Waals surface area contributed by atoms with Gasteiger partial charge in [0.2, 0.25) is 10.0 Å². The van der Waals surface area contributed by atoms with Crippen molar-refractivity contribution >= 4 is 21.6 Å². The molecule has 1 aliphatic rings. The van der Waals surface area contributed by atoms with Gasteiger partial charge in [0.1, 0.15) is 10.5 Å². The number of fused-ring (bicyclic) bond motifs is 1. The van der Waals surface area contributed by atoms with Gasteiger partial charge in [-0.3, -0.25) is 9.48 Å². The fourth-order valence-electron chi connectivity index (χ4n) is 3.78. The van der Waals surface area contributed by atoms with E-state index in [1.165, 1.54) is 10.5 Å². The van der Waals surface area contributed by atoms with E-state index in [0.29, 0.717) is 36.5 Å². The van der Waals surface area contributed by atoms with Crippen LogP contribution in [0.15, 0.2) is 23.4 Å². The van der Waals surface area contributed by atoms with Gasteiger partial charge in [-0.25, -0.2) is 17.9 Å². The van der Waals surface area contributed by atoms with Crippen LogP contribution in [0.5, 0.6) is 0 Å². The topological polar surface area (TPSA) is 106 Å². The lowest BCUT2D eigenvalue weighted by Crippen LogP contribution is -2.50. The highest BCUT2D eigenvalue weighted by molar-refractivity contribution is 7.89. The van der Waals surface area contributed by atoms with Gasteiger partial charge in [-0.15, -0.1) is 0 Å². The molecule has 0 aliphatic carbocycles. The maximum Gasteiger partial charge on any atom is 0.259 e. The highest BCUT2D eigenvalue weighted by Gasteiger charge is 2.33. The highest BCUT2D eigenvalue weighted by atomic mass is 32.2. The standard InChI is InChI=1S/C19H25N7O3S/c1-5-24-12-17(15(4)22-24)30(28,29)25-8-6-23(7-9-25)19(27)16-11-20-26-14(3)10-13(2)21-18(16)26/h10-12H,5-9H2,1-4H3. The smallest absolute Gasteiger partial charge is 0.259 e. The summed E-state index contributed by atoms with van der Waals surface area (Å²) in [5.41, 5.74) is 3.15. The van der Waals surface area contributed by atoms with Crippen molar-refractivity contribution < 1.29 is 13.2 Å². The molecule has 0 N–H and O–H groups in total. The Kier molecular flexibility index (Phi) is 5.10. The number of carbonyl (C=O) groups is 1. The zero-order valence-corrected chi connectivity index (χ0v) is 18.3. The molecule has 10 nitrogen and oxygen atoms in total. The second-order valence-electron chi connectivity index (χ2n) is 7.46. The predicted molar refractivity (Wildman–Crippen MR) is 110 cm³/mol. The molecule has 0 radical (unpaired) electrons. The van der Waals surface area contributed by atoms with Crippen molar-refractivity contribution in [1.82, 2.24) is 33.6 Å². The summed E-state index contributed by atoms with van der Waals surface area (Å²) in [5.74, 6) is -0.186. The number of aryl methyl sites for hydroxylation is 4. The fraction of sp³-hybridized carbons (Fsp3) is 0.474. The summed E-state index contributed by atoms with van der Waals surface area (Å²) in [7, 11) is -3.65. The summed E-state index contributed by atoms with van der Waals surface area (Å²) in [6, 6.07) is 1.90. The molecule has 0 spiro atoms. The third-order valence-electron chi connectivity index (χ3n) is 5.38. The Morgan fingerprint density at radius 2 is 1.83 bits per heavy atom. The van der Waals surface area contributed by atoms with Crippen LogP contribution in [0.25, 0.3) is 5.65 Å². The van der Waals surface area contributed by atoms with E-state index in [-0.39, 0.29) is 23.9 Å². The van der Waals surface area contributed by atoms with Crippen LogP contribution in [-0.2, 0) is 16.6 Å². The summed E-state index contributed by atoms with van der Waals surface area (Å²) in [6.07, 6.45) is 3.10. The van der Waals surface area contributed by atoms with Crippen molar-refractivity contribution in [2.45, 2.75) is 39.1 Å². The molecule has 0 bridgehead atoms. The number of hydrogen-bond donors (Lipinski definition) is 0. The molecule has 1 aliphatic heterocycles. The van der Waals surface area contributed by atoms with Gasteiger partial charge >= 0.3 is 0 Å². The Hall–Kier alpha value is -2.79. The van der Waals surface area contributed by atoms with E-state index >= 15 is 0 Å². The van der Waals surface area contributed by atoms with Crippen LogP contribution in [0.1, 0.15) is 34.4 Å². The number of nitrogens with zero attached hydrogens (tertiary/aromatic N) is 7. The van der Waals surface area contributed by atoms with E-state index in [4.69, 9.17) is 0 Å². The summed E-state index contributed by atoms with van der Waals surface area (Å²) in [4.78, 5) is 19.4. The number of hydrogen-bond acceptors (Lipinski definition) is 6. The van der Waals surface area contributed by atoms with E-state index in [1.54, 1.807) is 27.2 Å². The lowest BCUT2D eigenvalue weighted by atomic mass is 10.2. The third kappa shape index (κ3) is 3.37. The van der Waals surface area contributed by atoms with Gasteiger partial charge in [-0.1, -0.05) is 0 Å². The summed E-state index contributed by atoms with van der Waals surface area (Å²) in [6.45, 7) is 9.07. The number of carbonyl (C=O) groups excluding carboxylic acids is 1. The van der Waals surface area contributed by atoms with Crippen molar-refractivity contribution in [2.24, 2.45) is 0 Å². The molecule has 11 heteroatoms. The van der Waals surface area contributed by atoms with Gasteiger partial charge in [-0.05, 0) is 33.8 Å². The van der Waals surface area contributed by atoms with Crippen LogP contribution in [0.4, 0.5) is 0 Å². The molecular formula is C19H25N7O3S. The van der Waals surface area contributed by atoms with Gasteiger partial charge in [0.05, 0.1) is 11.9 Å². The minimum absolute atomic E-state index is 0.186. The number of sulfonamides is 1. The van der Waals surface area contributed by atoms with E-state index in [2.05, 4.69) is 15.2 Å². The summed E-state index contributed by atoms with van der Waals surface area (Å²) in [5, 5.41) is 8.52. The van der Waals surface area contributed by atoms with Crippen LogP contribution >= 0.6 is 0 Å². The average molecular weight is 432 g/mol. The molecule has 1 saturated heterocycles. The Morgan fingerprint density at radius 1 is 1.13 bits per heavy atom. The molecule has 4 rings (SSSR count). The molecule has 0 saturated carbocycles. The Labute approximate surface area is 175 Å². The molecule has 4 heterocycles. The molecule has 1 amide bonds. The summed E-state index contributed by atoms with van der Waals surface area (Å²) >= 11 is 0. The van der Waals surface area contributed by atoms with E-state index in [1.807, 2.05) is 26.8 Å². The zero-order chi connectivity index (χ0) is 21.6. The average Bonchev–Trinajstić information content (AvgIpc) is 3.31. The fourth-order valence-corrected chi connectivity index (χ4v) is 5.37. The normalized spacial score (nSPS) is 15.8. The van der Waals surface area contributed by atoms with Gasteiger partial charge in [-0.2, -0.15) is 14.5 Å². The first-order chi connectivity index (χ1) is 14.2. The van der Waals surface area contributed by atoms with E-state index in [9.17, 15) is 13.2 Å². The van der Waals surface area contributed by atoms with Crippen molar-refractivity contribution in [3.8, 4) is 0 Å². The maximum atomic E-state index is 13.1. The van der Waals surface area contributed by atoms with Crippen molar-refractivity contribution in [1.29, 1.82) is 0 Å². The summed E-state index contributed by atoms with van der Waals surface area (Å²) < 4.78 is 30.8. The lowest BCUT2D eigenvalue weighted by molar-refractivity contribution is 0.0699. The van der Waals surface area contributed by atoms with Crippen molar-refractivity contribution in [3.63, 3.8) is 0 Å². The SMILES string of the molecule is CCn1cc(S(=O)(=O)N2CCN(C(=O)c3cnn4c(C)cc(C)nc34)CC2)c(C)n1. The number of amides is 1. The minimum Gasteiger partial charge on any atom is -0.336 e. The predicted octanol–water partition coefficient (Wildman–Crippen LogP) is 1.02. The third-order valence-corrected chi connectivity index (χ3v) is 7.38. The Bertz CT molecular complexity index is 1220.